The first-order chi connectivity index (χ1) is 6.52. The van der Waals surface area contributed by atoms with Gasteiger partial charge in [0, 0.05) is 0 Å². The molecule has 3 N–H and O–H groups in total. The Morgan fingerprint density at radius 1 is 1.29 bits per heavy atom. The van der Waals surface area contributed by atoms with E-state index in [1.54, 1.807) is 0 Å². The fraction of sp³-hybridized carbons (Fsp3) is 0.417. The zero-order valence-corrected chi connectivity index (χ0v) is 9.25. The number of rotatable bonds is 2. The van der Waals surface area contributed by atoms with Gasteiger partial charge in [0.25, 0.3) is 0 Å². The maximum atomic E-state index is 6.28. The molecule has 1 rings (SSSR count). The molecular formula is C12H20N2. The van der Waals surface area contributed by atoms with Gasteiger partial charge in [0.1, 0.15) is 0 Å². The van der Waals surface area contributed by atoms with Gasteiger partial charge >= 0.3 is 0 Å². The van der Waals surface area contributed by atoms with E-state index < -0.39 is 0 Å². The first kappa shape index (κ1) is 12.7. The van der Waals surface area contributed by atoms with Crippen molar-refractivity contribution in [3.05, 3.63) is 35.9 Å². The quantitative estimate of drug-likeness (QED) is 0.549. The highest BCUT2D eigenvalue weighted by Gasteiger charge is 1.94. The molecule has 0 spiro atoms. The predicted octanol–water partition coefficient (Wildman–Crippen LogP) is 2.83. The van der Waals surface area contributed by atoms with Gasteiger partial charge in [0.2, 0.25) is 0 Å². The lowest BCUT2D eigenvalue weighted by Crippen LogP contribution is -2.00. The summed E-state index contributed by atoms with van der Waals surface area (Å²) >= 11 is 0. The van der Waals surface area contributed by atoms with Gasteiger partial charge in [-0.05, 0) is 24.8 Å². The van der Waals surface area contributed by atoms with Crippen molar-refractivity contribution in [2.45, 2.75) is 27.2 Å². The van der Waals surface area contributed by atoms with E-state index in [-0.39, 0.29) is 5.84 Å². The second kappa shape index (κ2) is 7.13. The highest BCUT2D eigenvalue weighted by atomic mass is 14.7. The van der Waals surface area contributed by atoms with Crippen LogP contribution in [0, 0.1) is 11.3 Å². The second-order valence-electron chi connectivity index (χ2n) is 3.77. The summed E-state index contributed by atoms with van der Waals surface area (Å²) in [6, 6.07) is 10.6. The average Bonchev–Trinajstić information content (AvgIpc) is 2.03. The normalized spacial score (nSPS) is 9.14. The molecule has 0 amide bonds. The van der Waals surface area contributed by atoms with Crippen LogP contribution in [-0.4, -0.2) is 5.84 Å². The van der Waals surface area contributed by atoms with Gasteiger partial charge in [-0.15, -0.1) is 0 Å². The second-order valence-corrected chi connectivity index (χ2v) is 3.77. The molecule has 1 aromatic rings. The monoisotopic (exact) mass is 192 g/mol. The molecule has 0 atom stereocenters. The molecule has 0 unspecified atom stereocenters. The third kappa shape index (κ3) is 8.78. The fourth-order valence-electron chi connectivity index (χ4n) is 1.09. The topological polar surface area (TPSA) is 49.9 Å². The predicted molar refractivity (Wildman–Crippen MR) is 62.6 cm³/mol. The third-order valence-corrected chi connectivity index (χ3v) is 1.49. The molecule has 14 heavy (non-hydrogen) atoms. The first-order valence-corrected chi connectivity index (χ1v) is 4.87. The number of hydrogen-bond donors (Lipinski definition) is 2. The highest BCUT2D eigenvalue weighted by Crippen LogP contribution is 2.05. The van der Waals surface area contributed by atoms with Gasteiger partial charge in [0.05, 0.1) is 5.84 Å². The molecule has 0 aromatic heterocycles. The van der Waals surface area contributed by atoms with Crippen molar-refractivity contribution in [2.75, 3.05) is 0 Å². The van der Waals surface area contributed by atoms with Crippen LogP contribution >= 0.6 is 0 Å². The van der Waals surface area contributed by atoms with Crippen molar-refractivity contribution >= 4 is 5.84 Å². The Balaban J connectivity index is 0.000000364. The molecule has 0 radical (unpaired) electrons. The summed E-state index contributed by atoms with van der Waals surface area (Å²) < 4.78 is 0. The van der Waals surface area contributed by atoms with Gasteiger partial charge in [0.15, 0.2) is 0 Å². The van der Waals surface area contributed by atoms with E-state index >= 15 is 0 Å². The van der Waals surface area contributed by atoms with Crippen LogP contribution in [0.2, 0.25) is 0 Å². The Morgan fingerprint density at radius 2 is 1.71 bits per heavy atom. The summed E-state index contributed by atoms with van der Waals surface area (Å²) in [6.07, 6.45) is 1.20. The minimum Gasteiger partial charge on any atom is -0.388 e. The van der Waals surface area contributed by atoms with Crippen molar-refractivity contribution in [2.24, 2.45) is 11.7 Å². The Bertz CT molecular complexity index is 248. The van der Waals surface area contributed by atoms with Gasteiger partial charge in [-0.25, -0.2) is 0 Å². The Morgan fingerprint density at radius 3 is 2.07 bits per heavy atom. The van der Waals surface area contributed by atoms with Gasteiger partial charge in [-0.2, -0.15) is 0 Å². The SMILES string of the molecule is CC(=N)N.CC(C)Cc1ccccc1. The molecule has 0 saturated heterocycles. The zero-order valence-electron chi connectivity index (χ0n) is 9.25. The number of nitrogens with one attached hydrogen (secondary N) is 1. The van der Waals surface area contributed by atoms with E-state index in [1.165, 1.54) is 18.9 Å². The number of hydrogen-bond acceptors (Lipinski definition) is 1. The molecule has 0 aliphatic heterocycles. The molecule has 0 heterocycles. The highest BCUT2D eigenvalue weighted by molar-refractivity contribution is 5.73. The van der Waals surface area contributed by atoms with Crippen molar-refractivity contribution in [1.82, 2.24) is 0 Å². The van der Waals surface area contributed by atoms with E-state index in [2.05, 4.69) is 44.2 Å². The molecular weight excluding hydrogens is 172 g/mol. The van der Waals surface area contributed by atoms with Crippen molar-refractivity contribution in [1.29, 1.82) is 5.41 Å². The minimum atomic E-state index is 0.167. The summed E-state index contributed by atoms with van der Waals surface area (Å²) in [5.74, 6) is 0.933. The average molecular weight is 192 g/mol. The van der Waals surface area contributed by atoms with Crippen LogP contribution in [0.25, 0.3) is 0 Å². The Hall–Kier alpha value is -1.31. The first-order valence-electron chi connectivity index (χ1n) is 4.87. The van der Waals surface area contributed by atoms with Crippen LogP contribution in [0.5, 0.6) is 0 Å². The Labute approximate surface area is 86.7 Å². The van der Waals surface area contributed by atoms with E-state index in [9.17, 15) is 0 Å². The fourth-order valence-corrected chi connectivity index (χ4v) is 1.09. The molecule has 0 saturated carbocycles. The molecule has 0 aliphatic rings. The van der Waals surface area contributed by atoms with Crippen LogP contribution in [-0.2, 0) is 6.42 Å². The lowest BCUT2D eigenvalue weighted by Gasteiger charge is -2.02. The minimum absolute atomic E-state index is 0.167. The molecule has 1 aromatic carbocycles. The maximum Gasteiger partial charge on any atom is 0.0873 e. The summed E-state index contributed by atoms with van der Waals surface area (Å²) in [5.41, 5.74) is 6.14. The molecule has 0 fully saturated rings. The van der Waals surface area contributed by atoms with Crippen molar-refractivity contribution in [3.8, 4) is 0 Å². The molecule has 2 heteroatoms. The van der Waals surface area contributed by atoms with Crippen molar-refractivity contribution < 1.29 is 0 Å². The largest absolute Gasteiger partial charge is 0.388 e. The lowest BCUT2D eigenvalue weighted by molar-refractivity contribution is 0.647. The molecule has 78 valence electrons. The van der Waals surface area contributed by atoms with Crippen LogP contribution in [0.3, 0.4) is 0 Å². The summed E-state index contributed by atoms with van der Waals surface area (Å²) in [4.78, 5) is 0. The summed E-state index contributed by atoms with van der Waals surface area (Å²) in [6.45, 7) is 6.01. The van der Waals surface area contributed by atoms with Gasteiger partial charge < -0.3 is 5.73 Å². The van der Waals surface area contributed by atoms with Crippen LogP contribution in [0.15, 0.2) is 30.3 Å². The van der Waals surface area contributed by atoms with E-state index in [0.717, 1.165) is 5.92 Å². The molecule has 0 aliphatic carbocycles. The van der Waals surface area contributed by atoms with Crippen molar-refractivity contribution in [3.63, 3.8) is 0 Å². The van der Waals surface area contributed by atoms with Gasteiger partial charge in [-0.3, -0.25) is 5.41 Å². The molecule has 2 nitrogen and oxygen atoms in total. The number of nitrogens with two attached hydrogens (primary N) is 1. The van der Waals surface area contributed by atoms with Crippen LogP contribution < -0.4 is 5.73 Å². The number of benzene rings is 1. The molecule has 0 bridgehead atoms. The van der Waals surface area contributed by atoms with Crippen LogP contribution in [0.1, 0.15) is 26.3 Å². The zero-order chi connectivity index (χ0) is 11.0. The smallest absolute Gasteiger partial charge is 0.0873 e. The van der Waals surface area contributed by atoms with E-state index in [1.807, 2.05) is 0 Å². The number of amidine groups is 1. The van der Waals surface area contributed by atoms with E-state index in [0.29, 0.717) is 0 Å². The van der Waals surface area contributed by atoms with E-state index in [4.69, 9.17) is 11.1 Å². The summed E-state index contributed by atoms with van der Waals surface area (Å²) in [5, 5.41) is 6.28. The maximum absolute atomic E-state index is 6.28. The lowest BCUT2D eigenvalue weighted by atomic mass is 10.0. The Kier molecular flexibility index (Phi) is 6.46. The summed E-state index contributed by atoms with van der Waals surface area (Å²) in [7, 11) is 0. The third-order valence-electron chi connectivity index (χ3n) is 1.49. The standard InChI is InChI=1S/C10H14.C2H6N2/c1-9(2)8-10-6-4-3-5-7-10;1-2(3)4/h3-7,9H,8H2,1-2H3;1H3,(H3,3,4). The van der Waals surface area contributed by atoms with Crippen LogP contribution in [0.4, 0.5) is 0 Å². The van der Waals surface area contributed by atoms with Gasteiger partial charge in [-0.1, -0.05) is 44.2 Å².